The number of aromatic nitrogens is 1. The number of nitrogen functional groups attached to an aromatic ring is 1. The van der Waals surface area contributed by atoms with Gasteiger partial charge in [-0.05, 0) is 25.0 Å². The quantitative estimate of drug-likeness (QED) is 0.561. The zero-order valence-corrected chi connectivity index (χ0v) is 10.1. The summed E-state index contributed by atoms with van der Waals surface area (Å²) in [6, 6.07) is 1.82. The first kappa shape index (κ1) is 13.9. The van der Waals surface area contributed by atoms with Crippen LogP contribution < -0.4 is 16.2 Å². The zero-order valence-electron chi connectivity index (χ0n) is 10.1. The number of hydrogen-bond donors (Lipinski definition) is 3. The van der Waals surface area contributed by atoms with Crippen LogP contribution in [-0.4, -0.2) is 29.3 Å². The molecule has 1 aromatic heterocycles. The van der Waals surface area contributed by atoms with E-state index in [4.69, 9.17) is 5.84 Å². The van der Waals surface area contributed by atoms with Crippen LogP contribution in [0.25, 0.3) is 0 Å². The summed E-state index contributed by atoms with van der Waals surface area (Å²) in [6.07, 6.45) is -3.64. The number of aliphatic hydroxyl groups is 1. The molecular formula is C11H15F3N4O. The number of piperidine rings is 1. The number of nitrogens with one attached hydrogen (secondary N) is 1. The van der Waals surface area contributed by atoms with Crippen molar-refractivity contribution in [1.82, 2.24) is 4.98 Å². The molecule has 0 amide bonds. The number of rotatable bonds is 2. The predicted molar refractivity (Wildman–Crippen MR) is 64.5 cm³/mol. The second-order valence-electron chi connectivity index (χ2n) is 4.48. The summed E-state index contributed by atoms with van der Waals surface area (Å²) in [5.74, 6) is 5.26. The molecule has 1 aliphatic heterocycles. The molecule has 106 valence electrons. The van der Waals surface area contributed by atoms with Crippen molar-refractivity contribution in [3.8, 4) is 0 Å². The van der Waals surface area contributed by atoms with Crippen LogP contribution in [0.3, 0.4) is 0 Å². The summed E-state index contributed by atoms with van der Waals surface area (Å²) in [5, 5.41) is 9.56. The average Bonchev–Trinajstić information content (AvgIpc) is 2.37. The summed E-state index contributed by atoms with van der Waals surface area (Å²) in [5.41, 5.74) is 1.32. The zero-order chi connectivity index (χ0) is 14.0. The van der Waals surface area contributed by atoms with Gasteiger partial charge in [0, 0.05) is 13.1 Å². The number of nitrogens with two attached hydrogens (primary N) is 1. The van der Waals surface area contributed by atoms with Crippen molar-refractivity contribution in [2.24, 2.45) is 5.84 Å². The van der Waals surface area contributed by atoms with Gasteiger partial charge >= 0.3 is 6.18 Å². The molecule has 1 unspecified atom stereocenters. The fourth-order valence-corrected chi connectivity index (χ4v) is 2.08. The molecule has 0 bridgehead atoms. The third-order valence-electron chi connectivity index (χ3n) is 3.01. The van der Waals surface area contributed by atoms with E-state index in [-0.39, 0.29) is 18.2 Å². The highest BCUT2D eigenvalue weighted by Gasteiger charge is 2.32. The molecule has 4 N–H and O–H groups in total. The van der Waals surface area contributed by atoms with Crippen LogP contribution in [0.2, 0.25) is 0 Å². The van der Waals surface area contributed by atoms with Gasteiger partial charge in [-0.3, -0.25) is 0 Å². The molecule has 0 aromatic carbocycles. The van der Waals surface area contributed by atoms with E-state index >= 15 is 0 Å². The molecule has 1 aromatic rings. The van der Waals surface area contributed by atoms with Gasteiger partial charge in [-0.1, -0.05) is 0 Å². The molecular weight excluding hydrogens is 261 g/mol. The van der Waals surface area contributed by atoms with Crippen LogP contribution in [-0.2, 0) is 6.18 Å². The van der Waals surface area contributed by atoms with Crippen molar-refractivity contribution in [3.05, 3.63) is 17.7 Å². The summed E-state index contributed by atoms with van der Waals surface area (Å²) in [4.78, 5) is 5.63. The van der Waals surface area contributed by atoms with E-state index in [1.807, 2.05) is 0 Å². The first-order valence-corrected chi connectivity index (χ1v) is 5.89. The number of anilines is 2. The van der Waals surface area contributed by atoms with Crippen molar-refractivity contribution >= 4 is 11.6 Å². The molecule has 0 radical (unpaired) electrons. The minimum atomic E-state index is -4.46. The molecule has 1 aliphatic rings. The molecule has 1 fully saturated rings. The van der Waals surface area contributed by atoms with E-state index < -0.39 is 17.8 Å². The maximum absolute atomic E-state index is 12.8. The minimum absolute atomic E-state index is 0.0510. The van der Waals surface area contributed by atoms with E-state index in [0.29, 0.717) is 19.4 Å². The van der Waals surface area contributed by atoms with Crippen molar-refractivity contribution < 1.29 is 18.3 Å². The normalized spacial score (nSPS) is 20.5. The number of hydrazine groups is 1. The Hall–Kier alpha value is -1.54. The van der Waals surface area contributed by atoms with Crippen LogP contribution in [0.15, 0.2) is 12.1 Å². The van der Waals surface area contributed by atoms with Gasteiger partial charge in [-0.15, -0.1) is 0 Å². The Morgan fingerprint density at radius 3 is 2.74 bits per heavy atom. The molecule has 0 spiro atoms. The second kappa shape index (κ2) is 5.22. The highest BCUT2D eigenvalue weighted by Crippen LogP contribution is 2.33. The number of nitrogens with zero attached hydrogens (tertiary/aromatic N) is 2. The second-order valence-corrected chi connectivity index (χ2v) is 4.48. The Morgan fingerprint density at radius 2 is 2.16 bits per heavy atom. The van der Waals surface area contributed by atoms with Gasteiger partial charge in [-0.2, -0.15) is 13.2 Å². The molecule has 0 saturated carbocycles. The van der Waals surface area contributed by atoms with E-state index in [9.17, 15) is 18.3 Å². The molecule has 1 saturated heterocycles. The highest BCUT2D eigenvalue weighted by molar-refractivity contribution is 5.51. The van der Waals surface area contributed by atoms with Crippen molar-refractivity contribution in [3.63, 3.8) is 0 Å². The van der Waals surface area contributed by atoms with E-state index in [1.165, 1.54) is 0 Å². The van der Waals surface area contributed by atoms with Crippen LogP contribution in [0.1, 0.15) is 18.4 Å². The SMILES string of the molecule is NNc1cc(C(F)(F)F)cc(N2CCCC(O)C2)n1. The maximum Gasteiger partial charge on any atom is 0.416 e. The van der Waals surface area contributed by atoms with Crippen LogP contribution >= 0.6 is 0 Å². The molecule has 8 heteroatoms. The number of aliphatic hydroxyl groups excluding tert-OH is 1. The maximum atomic E-state index is 12.8. The van der Waals surface area contributed by atoms with Gasteiger partial charge < -0.3 is 15.4 Å². The average molecular weight is 276 g/mol. The van der Waals surface area contributed by atoms with Crippen molar-refractivity contribution in [2.45, 2.75) is 25.1 Å². The lowest BCUT2D eigenvalue weighted by Gasteiger charge is -2.31. The summed E-state index contributed by atoms with van der Waals surface area (Å²) in [7, 11) is 0. The van der Waals surface area contributed by atoms with Crippen LogP contribution in [0, 0.1) is 0 Å². The molecule has 0 aliphatic carbocycles. The lowest BCUT2D eigenvalue weighted by atomic mass is 10.1. The Kier molecular flexibility index (Phi) is 3.81. The molecule has 19 heavy (non-hydrogen) atoms. The van der Waals surface area contributed by atoms with Gasteiger partial charge in [-0.25, -0.2) is 10.8 Å². The van der Waals surface area contributed by atoms with E-state index in [2.05, 4.69) is 10.4 Å². The topological polar surface area (TPSA) is 74.4 Å². The lowest BCUT2D eigenvalue weighted by Crippen LogP contribution is -2.39. The Labute approximate surface area is 108 Å². The number of β-amino-alcohol motifs (C(OH)–C–C–N with tert-alkyl or cyclic N) is 1. The molecule has 5 nitrogen and oxygen atoms in total. The van der Waals surface area contributed by atoms with Crippen molar-refractivity contribution in [2.75, 3.05) is 23.4 Å². The van der Waals surface area contributed by atoms with Gasteiger partial charge in [0.05, 0.1) is 11.7 Å². The smallest absolute Gasteiger partial charge is 0.391 e. The lowest BCUT2D eigenvalue weighted by molar-refractivity contribution is -0.137. The van der Waals surface area contributed by atoms with Gasteiger partial charge in [0.15, 0.2) is 0 Å². The fourth-order valence-electron chi connectivity index (χ4n) is 2.08. The van der Waals surface area contributed by atoms with Gasteiger partial charge in [0.2, 0.25) is 0 Å². The standard InChI is InChI=1S/C11H15F3N4O/c12-11(13,14)7-4-9(17-15)16-10(5-7)18-3-1-2-8(19)6-18/h4-5,8,19H,1-3,6,15H2,(H,16,17). The van der Waals surface area contributed by atoms with Crippen LogP contribution in [0.5, 0.6) is 0 Å². The first-order valence-electron chi connectivity index (χ1n) is 5.89. The molecule has 2 rings (SSSR count). The highest BCUT2D eigenvalue weighted by atomic mass is 19.4. The number of alkyl halides is 3. The first-order chi connectivity index (χ1) is 8.90. The monoisotopic (exact) mass is 276 g/mol. The largest absolute Gasteiger partial charge is 0.416 e. The number of halogens is 3. The number of pyridine rings is 1. The predicted octanol–water partition coefficient (Wildman–Crippen LogP) is 1.35. The minimum Gasteiger partial charge on any atom is -0.391 e. The van der Waals surface area contributed by atoms with Gasteiger partial charge in [0.1, 0.15) is 11.6 Å². The van der Waals surface area contributed by atoms with E-state index in [0.717, 1.165) is 12.1 Å². The third kappa shape index (κ3) is 3.27. The molecule has 1 atom stereocenters. The summed E-state index contributed by atoms with van der Waals surface area (Å²) < 4.78 is 38.3. The number of hydrogen-bond acceptors (Lipinski definition) is 5. The Bertz CT molecular complexity index is 452. The van der Waals surface area contributed by atoms with Crippen molar-refractivity contribution in [1.29, 1.82) is 0 Å². The van der Waals surface area contributed by atoms with E-state index in [1.54, 1.807) is 4.90 Å². The summed E-state index contributed by atoms with van der Waals surface area (Å²) in [6.45, 7) is 0.841. The fraction of sp³-hybridized carbons (Fsp3) is 0.545. The van der Waals surface area contributed by atoms with Crippen LogP contribution in [0.4, 0.5) is 24.8 Å². The van der Waals surface area contributed by atoms with Gasteiger partial charge in [0.25, 0.3) is 0 Å². The third-order valence-corrected chi connectivity index (χ3v) is 3.01. The molecule has 2 heterocycles. The Balaban J connectivity index is 2.34. The summed E-state index contributed by atoms with van der Waals surface area (Å²) >= 11 is 0. The Morgan fingerprint density at radius 1 is 1.42 bits per heavy atom.